The van der Waals surface area contributed by atoms with E-state index >= 15 is 0 Å². The van der Waals surface area contributed by atoms with Crippen LogP contribution in [0.5, 0.6) is 0 Å². The Morgan fingerprint density at radius 2 is 2.04 bits per heavy atom. The van der Waals surface area contributed by atoms with Crippen molar-refractivity contribution in [1.29, 1.82) is 0 Å². The largest absolute Gasteiger partial charge is 0.381 e. The summed E-state index contributed by atoms with van der Waals surface area (Å²) in [5, 5.41) is 7.28. The van der Waals surface area contributed by atoms with Crippen molar-refractivity contribution in [2.45, 2.75) is 70.8 Å². The fraction of sp³-hybridized carbons (Fsp3) is 0.737. The first-order valence-electron chi connectivity index (χ1n) is 9.56. The number of hydrogen-bond acceptors (Lipinski definition) is 5. The lowest BCUT2D eigenvalue weighted by Crippen LogP contribution is -2.37. The quantitative estimate of drug-likeness (QED) is 0.879. The standard InChI is InChI=1S/C19H29N3O3/c1-13(2)17-21-19(25-22-17)16(14-9-11-24-12-10-14)20-18(23)15-7-5-3-4-6-8-15/h7,13-14,16H,3-6,8-12H2,1-2H3,(H,20,23)/t16-/m0/s1. The van der Waals surface area contributed by atoms with E-state index in [2.05, 4.69) is 21.5 Å². The topological polar surface area (TPSA) is 77.2 Å². The van der Waals surface area contributed by atoms with Gasteiger partial charge in [-0.1, -0.05) is 31.5 Å². The molecular weight excluding hydrogens is 318 g/mol. The molecule has 6 heteroatoms. The molecule has 0 unspecified atom stereocenters. The zero-order valence-electron chi connectivity index (χ0n) is 15.3. The molecular formula is C19H29N3O3. The van der Waals surface area contributed by atoms with Gasteiger partial charge in [0.15, 0.2) is 5.82 Å². The number of rotatable bonds is 5. The predicted molar refractivity (Wildman–Crippen MR) is 94.0 cm³/mol. The number of allylic oxidation sites excluding steroid dienone is 1. The molecule has 1 fully saturated rings. The summed E-state index contributed by atoms with van der Waals surface area (Å²) in [5.74, 6) is 1.70. The first-order chi connectivity index (χ1) is 12.1. The molecule has 1 aliphatic heterocycles. The highest BCUT2D eigenvalue weighted by molar-refractivity contribution is 5.93. The van der Waals surface area contributed by atoms with Crippen LogP contribution in [0.2, 0.25) is 0 Å². The minimum Gasteiger partial charge on any atom is -0.381 e. The van der Waals surface area contributed by atoms with Crippen LogP contribution >= 0.6 is 0 Å². The van der Waals surface area contributed by atoms with Crippen molar-refractivity contribution < 1.29 is 14.1 Å². The summed E-state index contributed by atoms with van der Waals surface area (Å²) in [4.78, 5) is 17.4. The maximum atomic E-state index is 12.8. The first kappa shape index (κ1) is 18.1. The van der Waals surface area contributed by atoms with E-state index in [-0.39, 0.29) is 23.8 Å². The third-order valence-corrected chi connectivity index (χ3v) is 5.10. The normalized spacial score (nSPS) is 20.8. The van der Waals surface area contributed by atoms with Gasteiger partial charge < -0.3 is 14.6 Å². The van der Waals surface area contributed by atoms with Crippen LogP contribution in [0.1, 0.15) is 82.5 Å². The molecule has 6 nitrogen and oxygen atoms in total. The van der Waals surface area contributed by atoms with Gasteiger partial charge in [-0.05, 0) is 44.4 Å². The van der Waals surface area contributed by atoms with Crippen molar-refractivity contribution in [3.05, 3.63) is 23.4 Å². The minimum atomic E-state index is -0.236. The van der Waals surface area contributed by atoms with Crippen molar-refractivity contribution in [2.75, 3.05) is 13.2 Å². The van der Waals surface area contributed by atoms with E-state index in [0.29, 0.717) is 24.9 Å². The molecule has 0 saturated carbocycles. The van der Waals surface area contributed by atoms with Gasteiger partial charge >= 0.3 is 0 Å². The molecule has 1 aromatic heterocycles. The summed E-state index contributed by atoms with van der Waals surface area (Å²) in [7, 11) is 0. The van der Waals surface area contributed by atoms with Crippen LogP contribution in [-0.4, -0.2) is 29.3 Å². The van der Waals surface area contributed by atoms with Crippen molar-refractivity contribution >= 4 is 5.91 Å². The Morgan fingerprint density at radius 1 is 1.24 bits per heavy atom. The van der Waals surface area contributed by atoms with Crippen LogP contribution in [-0.2, 0) is 9.53 Å². The molecule has 138 valence electrons. The van der Waals surface area contributed by atoms with Gasteiger partial charge in [-0.2, -0.15) is 4.98 Å². The van der Waals surface area contributed by atoms with E-state index in [1.807, 2.05) is 13.8 Å². The summed E-state index contributed by atoms with van der Waals surface area (Å²) >= 11 is 0. The third-order valence-electron chi connectivity index (χ3n) is 5.10. The fourth-order valence-electron chi connectivity index (χ4n) is 3.49. The number of amides is 1. The fourth-order valence-corrected chi connectivity index (χ4v) is 3.49. The Balaban J connectivity index is 1.77. The number of carbonyl (C=O) groups is 1. The summed E-state index contributed by atoms with van der Waals surface area (Å²) in [5.41, 5.74) is 0.901. The van der Waals surface area contributed by atoms with Crippen molar-refractivity contribution in [1.82, 2.24) is 15.5 Å². The number of nitrogens with one attached hydrogen (secondary N) is 1. The molecule has 0 radical (unpaired) electrons. The van der Waals surface area contributed by atoms with E-state index < -0.39 is 0 Å². The van der Waals surface area contributed by atoms with E-state index in [1.54, 1.807) is 0 Å². The van der Waals surface area contributed by atoms with E-state index in [9.17, 15) is 4.79 Å². The molecule has 2 aliphatic rings. The van der Waals surface area contributed by atoms with Gasteiger partial charge in [0, 0.05) is 24.7 Å². The number of aromatic nitrogens is 2. The molecule has 1 saturated heterocycles. The van der Waals surface area contributed by atoms with E-state index in [4.69, 9.17) is 9.26 Å². The van der Waals surface area contributed by atoms with Crippen LogP contribution < -0.4 is 5.32 Å². The van der Waals surface area contributed by atoms with Gasteiger partial charge in [-0.25, -0.2) is 0 Å². The van der Waals surface area contributed by atoms with Gasteiger partial charge in [0.1, 0.15) is 6.04 Å². The Hall–Kier alpha value is -1.69. The number of carbonyl (C=O) groups excluding carboxylic acids is 1. The molecule has 1 atom stereocenters. The van der Waals surface area contributed by atoms with Crippen molar-refractivity contribution in [2.24, 2.45) is 5.92 Å². The van der Waals surface area contributed by atoms with Crippen LogP contribution in [0.15, 0.2) is 16.2 Å². The lowest BCUT2D eigenvalue weighted by molar-refractivity contribution is -0.119. The smallest absolute Gasteiger partial charge is 0.249 e. The number of hydrogen-bond donors (Lipinski definition) is 1. The van der Waals surface area contributed by atoms with E-state index in [0.717, 1.165) is 37.7 Å². The average molecular weight is 347 g/mol. The second-order valence-electron chi connectivity index (χ2n) is 7.38. The molecule has 0 bridgehead atoms. The predicted octanol–water partition coefficient (Wildman–Crippen LogP) is 3.67. The van der Waals surface area contributed by atoms with Crippen LogP contribution in [0.4, 0.5) is 0 Å². The molecule has 3 rings (SSSR count). The zero-order chi connectivity index (χ0) is 17.6. The highest BCUT2D eigenvalue weighted by atomic mass is 16.5. The minimum absolute atomic E-state index is 0.0164. The maximum absolute atomic E-state index is 12.8. The van der Waals surface area contributed by atoms with Gasteiger partial charge in [-0.3, -0.25) is 4.79 Å². The lowest BCUT2D eigenvalue weighted by Gasteiger charge is -2.28. The van der Waals surface area contributed by atoms with E-state index in [1.165, 1.54) is 12.8 Å². The molecule has 1 N–H and O–H groups in total. The van der Waals surface area contributed by atoms with Gasteiger partial charge in [0.2, 0.25) is 11.8 Å². The zero-order valence-corrected chi connectivity index (χ0v) is 15.3. The van der Waals surface area contributed by atoms with Gasteiger partial charge in [0.25, 0.3) is 0 Å². The lowest BCUT2D eigenvalue weighted by atomic mass is 9.91. The molecule has 1 aliphatic carbocycles. The first-order valence-corrected chi connectivity index (χ1v) is 9.56. The highest BCUT2D eigenvalue weighted by Crippen LogP contribution is 2.30. The number of nitrogens with zero attached hydrogens (tertiary/aromatic N) is 2. The van der Waals surface area contributed by atoms with Crippen molar-refractivity contribution in [3.63, 3.8) is 0 Å². The summed E-state index contributed by atoms with van der Waals surface area (Å²) in [6.45, 7) is 5.50. The Bertz CT molecular complexity index is 603. The maximum Gasteiger partial charge on any atom is 0.249 e. The van der Waals surface area contributed by atoms with Crippen LogP contribution in [0.3, 0.4) is 0 Å². The molecule has 1 amide bonds. The van der Waals surface area contributed by atoms with Crippen molar-refractivity contribution in [3.8, 4) is 0 Å². The van der Waals surface area contributed by atoms with Crippen LogP contribution in [0, 0.1) is 5.92 Å². The summed E-state index contributed by atoms with van der Waals surface area (Å²) in [6.07, 6.45) is 9.17. The van der Waals surface area contributed by atoms with Crippen LogP contribution in [0.25, 0.3) is 0 Å². The second-order valence-corrected chi connectivity index (χ2v) is 7.38. The second kappa shape index (κ2) is 8.61. The molecule has 2 heterocycles. The van der Waals surface area contributed by atoms with Gasteiger partial charge in [0.05, 0.1) is 0 Å². The highest BCUT2D eigenvalue weighted by Gasteiger charge is 2.32. The molecule has 0 spiro atoms. The SMILES string of the molecule is CC(C)c1noc([C@@H](NC(=O)C2=CCCCCC2)C2CCOCC2)n1. The molecule has 1 aromatic rings. The summed E-state index contributed by atoms with van der Waals surface area (Å²) < 4.78 is 11.0. The Labute approximate surface area is 149 Å². The number of ether oxygens (including phenoxy) is 1. The third kappa shape index (κ3) is 4.69. The molecule has 0 aromatic carbocycles. The monoisotopic (exact) mass is 347 g/mol. The Morgan fingerprint density at radius 3 is 2.76 bits per heavy atom. The Kier molecular flexibility index (Phi) is 6.24. The average Bonchev–Trinajstić information content (AvgIpc) is 2.95. The molecule has 25 heavy (non-hydrogen) atoms. The van der Waals surface area contributed by atoms with Gasteiger partial charge in [-0.15, -0.1) is 0 Å². The summed E-state index contributed by atoms with van der Waals surface area (Å²) in [6, 6.07) is -0.236.